The normalized spacial score (nSPS) is 12.0. The summed E-state index contributed by atoms with van der Waals surface area (Å²) in [7, 11) is -2.59. The first-order valence-corrected chi connectivity index (χ1v) is 13.0. The molecule has 1 heterocycles. The van der Waals surface area contributed by atoms with Crippen molar-refractivity contribution >= 4 is 16.4 Å². The summed E-state index contributed by atoms with van der Waals surface area (Å²) in [4.78, 5) is 15.1. The van der Waals surface area contributed by atoms with Crippen molar-refractivity contribution in [1.82, 2.24) is 4.98 Å². The lowest BCUT2D eigenvalue weighted by Crippen LogP contribution is -2.32. The van der Waals surface area contributed by atoms with E-state index in [0.717, 1.165) is 24.2 Å². The van der Waals surface area contributed by atoms with Crippen LogP contribution in [0.2, 0.25) is 0 Å². The molecule has 0 bridgehead atoms. The monoisotopic (exact) mass is 498 g/mol. The standard InChI is InChI=1S/C16H20N2O3.C8H18O4S/c1-3-20-12-14(13-7-5-4-6-8-13)21-16(19)11-15-17-9-10-18(15)2;1-2-3-4-5-6-7-8-12-13(9,10)11/h4-10,14H,3,11-12H2,1-2H3;2-8H2,1H3,(H,9,10,11)/t14-;/m0./s1. The van der Waals surface area contributed by atoms with Crippen molar-refractivity contribution in [3.63, 3.8) is 0 Å². The third-order valence-corrected chi connectivity index (χ3v) is 5.38. The lowest BCUT2D eigenvalue weighted by atomic mass is 10.1. The molecule has 0 saturated heterocycles. The Hall–Kier alpha value is -2.27. The third-order valence-electron chi connectivity index (χ3n) is 4.93. The van der Waals surface area contributed by atoms with Crippen LogP contribution in [0.1, 0.15) is 69.9 Å². The fraction of sp³-hybridized carbons (Fsp3) is 0.583. The van der Waals surface area contributed by atoms with Gasteiger partial charge >= 0.3 is 5.97 Å². The lowest BCUT2D eigenvalue weighted by Gasteiger charge is -2.17. The van der Waals surface area contributed by atoms with Gasteiger partial charge in [0.1, 0.15) is 18.8 Å². The predicted octanol–water partition coefficient (Wildman–Crippen LogP) is 3.53. The molecule has 1 aromatic carbocycles. The highest BCUT2D eigenvalue weighted by molar-refractivity contribution is 7.80. The van der Waals surface area contributed by atoms with E-state index in [4.69, 9.17) is 9.47 Å². The van der Waals surface area contributed by atoms with E-state index in [1.54, 1.807) is 6.20 Å². The summed E-state index contributed by atoms with van der Waals surface area (Å²) >= 11 is 0. The van der Waals surface area contributed by atoms with Gasteiger partial charge in [0.15, 0.2) is 6.10 Å². The molecule has 0 unspecified atom stereocenters. The molecule has 0 spiro atoms. The van der Waals surface area contributed by atoms with Crippen LogP contribution in [-0.4, -0.2) is 43.7 Å². The first kappa shape index (κ1) is 29.8. The Balaban J connectivity index is 0.000000385. The molecule has 0 saturated carbocycles. The minimum Gasteiger partial charge on any atom is -0.726 e. The van der Waals surface area contributed by atoms with Crippen molar-refractivity contribution in [3.8, 4) is 0 Å². The van der Waals surface area contributed by atoms with Gasteiger partial charge in [0.2, 0.25) is 10.4 Å². The largest absolute Gasteiger partial charge is 0.726 e. The maximum absolute atomic E-state index is 12.1. The molecular formula is C24H38N2O7S. The summed E-state index contributed by atoms with van der Waals surface area (Å²) in [6.45, 7) is 5.03. The number of aromatic amines is 1. The highest BCUT2D eigenvalue weighted by Crippen LogP contribution is 2.18. The molecule has 0 fully saturated rings. The van der Waals surface area contributed by atoms with Crippen molar-refractivity contribution in [1.29, 1.82) is 0 Å². The van der Waals surface area contributed by atoms with Crippen LogP contribution in [0.15, 0.2) is 42.7 Å². The molecule has 1 atom stereocenters. The summed E-state index contributed by atoms with van der Waals surface area (Å²) < 4.78 is 46.9. The zero-order valence-corrected chi connectivity index (χ0v) is 21.2. The van der Waals surface area contributed by atoms with E-state index in [2.05, 4.69) is 16.1 Å². The number of unbranched alkanes of at least 4 members (excludes halogenated alkanes) is 5. The summed E-state index contributed by atoms with van der Waals surface area (Å²) in [5, 5.41) is 0. The number of H-pyrrole nitrogens is 1. The highest BCUT2D eigenvalue weighted by atomic mass is 32.3. The molecule has 0 aliphatic carbocycles. The number of nitrogens with one attached hydrogen (secondary N) is 1. The molecule has 2 aromatic rings. The number of carbonyl (C=O) groups is 1. The average molecular weight is 499 g/mol. The van der Waals surface area contributed by atoms with Crippen LogP contribution >= 0.6 is 0 Å². The number of hydrogen-bond acceptors (Lipinski definition) is 7. The minimum absolute atomic E-state index is 0.0258. The Bertz CT molecular complexity index is 901. The Morgan fingerprint density at radius 3 is 2.35 bits per heavy atom. The second-order valence-electron chi connectivity index (χ2n) is 7.74. The van der Waals surface area contributed by atoms with Crippen LogP contribution in [-0.2, 0) is 42.3 Å². The summed E-state index contributed by atoms with van der Waals surface area (Å²) in [6.07, 6.45) is 9.69. The van der Waals surface area contributed by atoms with Crippen molar-refractivity contribution < 1.29 is 36.0 Å². The first-order valence-electron chi connectivity index (χ1n) is 11.7. The van der Waals surface area contributed by atoms with Gasteiger partial charge in [0.05, 0.1) is 20.3 Å². The van der Waals surface area contributed by atoms with Crippen molar-refractivity contribution in [2.75, 3.05) is 19.8 Å². The lowest BCUT2D eigenvalue weighted by molar-refractivity contribution is -0.677. The van der Waals surface area contributed by atoms with E-state index in [0.29, 0.717) is 19.6 Å². The zero-order valence-electron chi connectivity index (χ0n) is 20.4. The second kappa shape index (κ2) is 17.2. The van der Waals surface area contributed by atoms with Crippen LogP contribution in [0.5, 0.6) is 0 Å². The topological polar surface area (TPSA) is 122 Å². The molecule has 0 radical (unpaired) electrons. The molecule has 0 aliphatic heterocycles. The van der Waals surface area contributed by atoms with Crippen molar-refractivity contribution in [3.05, 3.63) is 54.1 Å². The molecule has 1 N–H and O–H groups in total. The molecule has 192 valence electrons. The van der Waals surface area contributed by atoms with Crippen LogP contribution in [0.3, 0.4) is 0 Å². The van der Waals surface area contributed by atoms with E-state index >= 15 is 0 Å². The molecule has 10 heteroatoms. The zero-order chi connectivity index (χ0) is 25.2. The smallest absolute Gasteiger partial charge is 0.318 e. The maximum Gasteiger partial charge on any atom is 0.318 e. The number of hydrogen-bond donors (Lipinski definition) is 1. The van der Waals surface area contributed by atoms with Crippen LogP contribution < -0.4 is 4.57 Å². The minimum atomic E-state index is -4.47. The quantitative estimate of drug-likeness (QED) is 0.131. The van der Waals surface area contributed by atoms with E-state index in [-0.39, 0.29) is 25.1 Å². The van der Waals surface area contributed by atoms with Crippen LogP contribution in [0.25, 0.3) is 0 Å². The molecule has 0 amide bonds. The number of esters is 1. The van der Waals surface area contributed by atoms with Gasteiger partial charge in [-0.25, -0.2) is 18.0 Å². The summed E-state index contributed by atoms with van der Waals surface area (Å²) in [6, 6.07) is 9.65. The third kappa shape index (κ3) is 14.1. The van der Waals surface area contributed by atoms with Crippen LogP contribution in [0.4, 0.5) is 0 Å². The van der Waals surface area contributed by atoms with Gasteiger partial charge in [-0.2, -0.15) is 0 Å². The number of imidazole rings is 1. The van der Waals surface area contributed by atoms with Gasteiger partial charge in [0.25, 0.3) is 5.82 Å². The molecule has 2 rings (SSSR count). The number of nitrogens with zero attached hydrogens (tertiary/aromatic N) is 1. The maximum atomic E-state index is 12.1. The summed E-state index contributed by atoms with van der Waals surface area (Å²) in [5.74, 6) is 0.532. The summed E-state index contributed by atoms with van der Waals surface area (Å²) in [5.41, 5.74) is 0.940. The average Bonchev–Trinajstić information content (AvgIpc) is 3.20. The van der Waals surface area contributed by atoms with Gasteiger partial charge in [0, 0.05) is 6.61 Å². The Morgan fingerprint density at radius 2 is 1.76 bits per heavy atom. The van der Waals surface area contributed by atoms with Crippen LogP contribution in [0, 0.1) is 0 Å². The van der Waals surface area contributed by atoms with Crippen molar-refractivity contribution in [2.45, 2.75) is 64.9 Å². The fourth-order valence-corrected chi connectivity index (χ4v) is 3.41. The Labute approximate surface area is 203 Å². The van der Waals surface area contributed by atoms with Gasteiger partial charge in [-0.15, -0.1) is 0 Å². The molecule has 9 nitrogen and oxygen atoms in total. The predicted molar refractivity (Wildman–Crippen MR) is 126 cm³/mol. The van der Waals surface area contributed by atoms with Gasteiger partial charge in [-0.3, -0.25) is 8.98 Å². The second-order valence-corrected chi connectivity index (χ2v) is 8.79. The number of rotatable bonds is 15. The van der Waals surface area contributed by atoms with Gasteiger partial charge < -0.3 is 14.0 Å². The molecular weight excluding hydrogens is 460 g/mol. The van der Waals surface area contributed by atoms with Gasteiger partial charge in [-0.1, -0.05) is 69.4 Å². The molecule has 34 heavy (non-hydrogen) atoms. The number of aromatic nitrogens is 2. The van der Waals surface area contributed by atoms with Crippen molar-refractivity contribution in [2.24, 2.45) is 7.05 Å². The Morgan fingerprint density at radius 1 is 1.09 bits per heavy atom. The van der Waals surface area contributed by atoms with E-state index in [9.17, 15) is 17.8 Å². The Kier molecular flexibility index (Phi) is 15.1. The highest BCUT2D eigenvalue weighted by Gasteiger charge is 2.20. The molecule has 0 aliphatic rings. The van der Waals surface area contributed by atoms with E-state index in [1.165, 1.54) is 19.3 Å². The first-order chi connectivity index (χ1) is 16.3. The number of ether oxygens (including phenoxy) is 2. The number of benzene rings is 1. The molecule has 1 aromatic heterocycles. The SMILES string of the molecule is CCCCCCCCOS(=O)(=O)[O-].CCOC[C@H](OC(=O)Cc1[nH]cc[n+]1C)c1ccccc1. The van der Waals surface area contributed by atoms with E-state index in [1.807, 2.05) is 55.1 Å². The fourth-order valence-electron chi connectivity index (χ4n) is 3.08. The number of carbonyl (C=O) groups excluding carboxylic acids is 1. The number of aryl methyl sites for hydroxylation is 1. The van der Waals surface area contributed by atoms with E-state index < -0.39 is 10.4 Å². The van der Waals surface area contributed by atoms with Gasteiger partial charge in [-0.05, 0) is 18.9 Å².